The first-order valence-corrected chi connectivity index (χ1v) is 11.8. The van der Waals surface area contributed by atoms with E-state index in [4.69, 9.17) is 21.1 Å². The third-order valence-corrected chi connectivity index (χ3v) is 6.69. The van der Waals surface area contributed by atoms with Crippen LogP contribution in [0, 0.1) is 6.92 Å². The van der Waals surface area contributed by atoms with Crippen LogP contribution in [0.25, 0.3) is 0 Å². The molecule has 4 nitrogen and oxygen atoms in total. The van der Waals surface area contributed by atoms with Gasteiger partial charge in [0, 0.05) is 35.3 Å². The van der Waals surface area contributed by atoms with E-state index >= 15 is 0 Å². The molecule has 2 heterocycles. The van der Waals surface area contributed by atoms with Crippen molar-refractivity contribution in [2.45, 2.75) is 44.0 Å². The summed E-state index contributed by atoms with van der Waals surface area (Å²) in [5.41, 5.74) is 3.85. The summed E-state index contributed by atoms with van der Waals surface area (Å²) >= 11 is 7.84. The first-order chi connectivity index (χ1) is 14.6. The number of aryl methyl sites for hydroxylation is 2. The minimum atomic E-state index is -0.614. The van der Waals surface area contributed by atoms with Crippen LogP contribution >= 0.6 is 23.4 Å². The summed E-state index contributed by atoms with van der Waals surface area (Å²) in [4.78, 5) is 4.17. The largest absolute Gasteiger partial charge is 0.345 e. The van der Waals surface area contributed by atoms with Gasteiger partial charge in [0.25, 0.3) is 0 Å². The van der Waals surface area contributed by atoms with Gasteiger partial charge in [-0.05, 0) is 36.6 Å². The van der Waals surface area contributed by atoms with E-state index < -0.39 is 5.79 Å². The Morgan fingerprint density at radius 2 is 1.90 bits per heavy atom. The second-order valence-corrected chi connectivity index (χ2v) is 9.29. The molecule has 1 saturated heterocycles. The molecule has 0 bridgehead atoms. The van der Waals surface area contributed by atoms with Crippen LogP contribution in [-0.4, -0.2) is 33.8 Å². The zero-order valence-electron chi connectivity index (χ0n) is 17.2. The lowest BCUT2D eigenvalue weighted by Gasteiger charge is -2.28. The molecule has 0 spiro atoms. The fourth-order valence-electron chi connectivity index (χ4n) is 3.63. The summed E-state index contributed by atoms with van der Waals surface area (Å²) in [5.74, 6) is 1.23. The monoisotopic (exact) mass is 442 g/mol. The molecular weight excluding hydrogens is 416 g/mol. The van der Waals surface area contributed by atoms with Crippen LogP contribution in [0.4, 0.5) is 0 Å². The molecule has 30 heavy (non-hydrogen) atoms. The van der Waals surface area contributed by atoms with Crippen LogP contribution in [0.1, 0.15) is 23.1 Å². The summed E-state index contributed by atoms with van der Waals surface area (Å²) in [6.45, 7) is 3.38. The molecule has 0 radical (unpaired) electrons. The summed E-state index contributed by atoms with van der Waals surface area (Å²) in [6, 6.07) is 16.7. The Labute approximate surface area is 187 Å². The molecule has 2 atom stereocenters. The average molecular weight is 443 g/mol. The molecule has 0 N–H and O–H groups in total. The smallest absolute Gasteiger partial charge is 0.187 e. The number of benzene rings is 2. The number of hydrogen-bond donors (Lipinski definition) is 0. The second kappa shape index (κ2) is 10.0. The van der Waals surface area contributed by atoms with Gasteiger partial charge >= 0.3 is 0 Å². The van der Waals surface area contributed by atoms with Gasteiger partial charge in [-0.1, -0.05) is 53.6 Å². The molecule has 1 aromatic heterocycles. The van der Waals surface area contributed by atoms with Crippen molar-refractivity contribution in [3.05, 3.63) is 89.0 Å². The third-order valence-electron chi connectivity index (χ3n) is 5.30. The molecular formula is C24H27ClN2O2S. The SMILES string of the molecule is Cc1ccc(CCC2(Cn3ccnc3)OCC(CSCc3ccc(Cl)cc3)O2)cc1. The van der Waals surface area contributed by atoms with E-state index in [1.807, 2.05) is 41.0 Å². The van der Waals surface area contributed by atoms with Crippen LogP contribution in [0.5, 0.6) is 0 Å². The van der Waals surface area contributed by atoms with Crippen LogP contribution in [0.2, 0.25) is 5.02 Å². The molecule has 4 rings (SSSR count). The van der Waals surface area contributed by atoms with Crippen molar-refractivity contribution in [3.8, 4) is 0 Å². The maximum Gasteiger partial charge on any atom is 0.187 e. The van der Waals surface area contributed by atoms with Crippen molar-refractivity contribution in [1.29, 1.82) is 0 Å². The van der Waals surface area contributed by atoms with Crippen molar-refractivity contribution in [2.75, 3.05) is 12.4 Å². The molecule has 1 fully saturated rings. The molecule has 158 valence electrons. The topological polar surface area (TPSA) is 36.3 Å². The number of aromatic nitrogens is 2. The zero-order valence-corrected chi connectivity index (χ0v) is 18.7. The van der Waals surface area contributed by atoms with E-state index in [2.05, 4.69) is 48.3 Å². The fourth-order valence-corrected chi connectivity index (χ4v) is 4.73. The van der Waals surface area contributed by atoms with Gasteiger partial charge < -0.3 is 14.0 Å². The Kier molecular flexibility index (Phi) is 7.16. The highest BCUT2D eigenvalue weighted by molar-refractivity contribution is 7.98. The number of thioether (sulfide) groups is 1. The number of ether oxygens (including phenoxy) is 2. The Morgan fingerprint density at radius 3 is 2.63 bits per heavy atom. The maximum absolute atomic E-state index is 6.51. The molecule has 2 aromatic carbocycles. The average Bonchev–Trinajstić information content (AvgIpc) is 3.40. The Bertz CT molecular complexity index is 915. The lowest BCUT2D eigenvalue weighted by atomic mass is 10.0. The van der Waals surface area contributed by atoms with E-state index in [1.54, 1.807) is 6.20 Å². The first kappa shape index (κ1) is 21.4. The van der Waals surface area contributed by atoms with Gasteiger partial charge in [-0.25, -0.2) is 4.98 Å². The van der Waals surface area contributed by atoms with Crippen molar-refractivity contribution >= 4 is 23.4 Å². The highest BCUT2D eigenvalue weighted by atomic mass is 35.5. The van der Waals surface area contributed by atoms with E-state index in [0.717, 1.165) is 29.4 Å². The lowest BCUT2D eigenvalue weighted by Crippen LogP contribution is -2.37. The van der Waals surface area contributed by atoms with E-state index in [-0.39, 0.29) is 6.10 Å². The molecule has 0 saturated carbocycles. The summed E-state index contributed by atoms with van der Waals surface area (Å²) in [5, 5.41) is 0.772. The predicted molar refractivity (Wildman–Crippen MR) is 123 cm³/mol. The summed E-state index contributed by atoms with van der Waals surface area (Å²) in [6.07, 6.45) is 7.39. The van der Waals surface area contributed by atoms with Gasteiger partial charge in [0.05, 0.1) is 25.6 Å². The van der Waals surface area contributed by atoms with Crippen LogP contribution in [0.3, 0.4) is 0 Å². The van der Waals surface area contributed by atoms with E-state index in [0.29, 0.717) is 13.2 Å². The summed E-state index contributed by atoms with van der Waals surface area (Å²) in [7, 11) is 0. The molecule has 1 aliphatic rings. The van der Waals surface area contributed by atoms with Gasteiger partial charge in [0.1, 0.15) is 0 Å². The van der Waals surface area contributed by atoms with Crippen molar-refractivity contribution in [1.82, 2.24) is 9.55 Å². The van der Waals surface area contributed by atoms with Crippen molar-refractivity contribution in [2.24, 2.45) is 0 Å². The first-order valence-electron chi connectivity index (χ1n) is 10.3. The Balaban J connectivity index is 1.35. The van der Waals surface area contributed by atoms with Crippen LogP contribution in [-0.2, 0) is 28.2 Å². The van der Waals surface area contributed by atoms with Crippen LogP contribution < -0.4 is 0 Å². The minimum Gasteiger partial charge on any atom is -0.345 e. The quantitative estimate of drug-likeness (QED) is 0.437. The Hall–Kier alpha value is -1.79. The number of imidazole rings is 1. The van der Waals surface area contributed by atoms with Gasteiger partial charge in [-0.3, -0.25) is 0 Å². The van der Waals surface area contributed by atoms with Crippen molar-refractivity contribution in [3.63, 3.8) is 0 Å². The lowest BCUT2D eigenvalue weighted by molar-refractivity contribution is -0.180. The maximum atomic E-state index is 6.51. The standard InChI is InChI=1S/C24H27ClN2O2S/c1-19-2-4-20(5-3-19)10-11-24(17-27-13-12-26-18-27)28-14-23(29-24)16-30-15-21-6-8-22(25)9-7-21/h2-9,12-13,18,23H,10-11,14-17H2,1H3. The zero-order chi connectivity index (χ0) is 20.8. The predicted octanol–water partition coefficient (Wildman–Crippen LogP) is 5.52. The molecule has 6 heteroatoms. The highest BCUT2D eigenvalue weighted by Crippen LogP contribution is 2.32. The van der Waals surface area contributed by atoms with Crippen LogP contribution in [0.15, 0.2) is 67.3 Å². The normalized spacial score (nSPS) is 21.2. The summed E-state index contributed by atoms with van der Waals surface area (Å²) < 4.78 is 14.8. The number of halogens is 1. The minimum absolute atomic E-state index is 0.0869. The van der Waals surface area contributed by atoms with Gasteiger partial charge in [0.2, 0.25) is 0 Å². The number of rotatable bonds is 9. The molecule has 1 aliphatic heterocycles. The van der Waals surface area contributed by atoms with E-state index in [9.17, 15) is 0 Å². The fraction of sp³-hybridized carbons (Fsp3) is 0.375. The highest BCUT2D eigenvalue weighted by Gasteiger charge is 2.41. The Morgan fingerprint density at radius 1 is 1.13 bits per heavy atom. The van der Waals surface area contributed by atoms with Gasteiger partial charge in [-0.15, -0.1) is 0 Å². The molecule has 3 aromatic rings. The number of nitrogens with zero attached hydrogens (tertiary/aromatic N) is 2. The second-order valence-electron chi connectivity index (χ2n) is 7.82. The van der Waals surface area contributed by atoms with Crippen molar-refractivity contribution < 1.29 is 9.47 Å². The van der Waals surface area contributed by atoms with E-state index in [1.165, 1.54) is 16.7 Å². The molecule has 0 aliphatic carbocycles. The third kappa shape index (κ3) is 5.88. The van der Waals surface area contributed by atoms with Gasteiger partial charge in [0.15, 0.2) is 5.79 Å². The molecule has 2 unspecified atom stereocenters. The molecule has 0 amide bonds. The number of hydrogen-bond acceptors (Lipinski definition) is 4. The van der Waals surface area contributed by atoms with Gasteiger partial charge in [-0.2, -0.15) is 11.8 Å².